The van der Waals surface area contributed by atoms with E-state index in [4.69, 9.17) is 16.0 Å². The van der Waals surface area contributed by atoms with E-state index in [1.165, 1.54) is 0 Å². The fourth-order valence-electron chi connectivity index (χ4n) is 2.54. The zero-order valence-electron chi connectivity index (χ0n) is 9.76. The van der Waals surface area contributed by atoms with Crippen LogP contribution >= 0.6 is 11.6 Å². The van der Waals surface area contributed by atoms with E-state index in [1.54, 1.807) is 10.5 Å². The zero-order valence-corrected chi connectivity index (χ0v) is 10.5. The van der Waals surface area contributed by atoms with Gasteiger partial charge in [-0.25, -0.2) is 4.79 Å². The van der Waals surface area contributed by atoms with Crippen LogP contribution in [0.5, 0.6) is 0 Å². The van der Waals surface area contributed by atoms with E-state index in [0.29, 0.717) is 16.1 Å². The molecule has 3 heterocycles. The SMILES string of the molecule is O=c1oc2ccccc2c2c(Cl)n3ccccc3c12. The van der Waals surface area contributed by atoms with Crippen molar-refractivity contribution in [2.75, 3.05) is 0 Å². The molecule has 4 heteroatoms. The first-order valence-corrected chi connectivity index (χ1v) is 6.25. The largest absolute Gasteiger partial charge is 0.422 e. The number of hydrogen-bond donors (Lipinski definition) is 0. The van der Waals surface area contributed by atoms with Gasteiger partial charge in [-0.05, 0) is 18.2 Å². The number of halogens is 1. The highest BCUT2D eigenvalue weighted by Gasteiger charge is 2.16. The highest BCUT2D eigenvalue weighted by atomic mass is 35.5. The number of hydrogen-bond acceptors (Lipinski definition) is 2. The molecule has 0 unspecified atom stereocenters. The first-order valence-electron chi connectivity index (χ1n) is 5.87. The second-order valence-electron chi connectivity index (χ2n) is 4.38. The van der Waals surface area contributed by atoms with Crippen molar-refractivity contribution in [3.05, 3.63) is 64.2 Å². The van der Waals surface area contributed by atoms with Gasteiger partial charge in [0.1, 0.15) is 10.7 Å². The molecular formula is C15H8ClNO2. The third-order valence-electron chi connectivity index (χ3n) is 3.35. The van der Waals surface area contributed by atoms with E-state index in [9.17, 15) is 4.79 Å². The van der Waals surface area contributed by atoms with Gasteiger partial charge in [0.2, 0.25) is 0 Å². The molecule has 0 saturated heterocycles. The molecule has 4 aromatic rings. The number of aromatic nitrogens is 1. The lowest BCUT2D eigenvalue weighted by Crippen LogP contribution is -1.98. The fourth-order valence-corrected chi connectivity index (χ4v) is 2.88. The van der Waals surface area contributed by atoms with Crippen LogP contribution in [0.3, 0.4) is 0 Å². The van der Waals surface area contributed by atoms with Crippen LogP contribution in [0.15, 0.2) is 57.9 Å². The minimum atomic E-state index is -0.357. The molecule has 3 aromatic heterocycles. The number of pyridine rings is 1. The monoisotopic (exact) mass is 269 g/mol. The lowest BCUT2D eigenvalue weighted by Gasteiger charge is -1.97. The predicted octanol–water partition coefficient (Wildman–Crippen LogP) is 3.85. The van der Waals surface area contributed by atoms with Gasteiger partial charge in [-0.2, -0.15) is 0 Å². The van der Waals surface area contributed by atoms with E-state index in [0.717, 1.165) is 16.3 Å². The minimum Gasteiger partial charge on any atom is -0.422 e. The summed E-state index contributed by atoms with van der Waals surface area (Å²) in [5.41, 5.74) is 0.962. The van der Waals surface area contributed by atoms with Crippen LogP contribution in [0, 0.1) is 0 Å². The van der Waals surface area contributed by atoms with Crippen LogP contribution < -0.4 is 5.63 Å². The zero-order chi connectivity index (χ0) is 13.0. The van der Waals surface area contributed by atoms with Gasteiger partial charge in [0, 0.05) is 17.0 Å². The molecule has 19 heavy (non-hydrogen) atoms. The van der Waals surface area contributed by atoms with Crippen LogP contribution in [-0.4, -0.2) is 4.40 Å². The molecular weight excluding hydrogens is 262 g/mol. The van der Waals surface area contributed by atoms with Gasteiger partial charge in [-0.1, -0.05) is 35.9 Å². The third-order valence-corrected chi connectivity index (χ3v) is 3.72. The van der Waals surface area contributed by atoms with E-state index in [-0.39, 0.29) is 5.63 Å². The lowest BCUT2D eigenvalue weighted by atomic mass is 10.1. The summed E-state index contributed by atoms with van der Waals surface area (Å²) in [7, 11) is 0. The van der Waals surface area contributed by atoms with Crippen molar-refractivity contribution >= 4 is 38.9 Å². The third kappa shape index (κ3) is 1.30. The van der Waals surface area contributed by atoms with Crippen molar-refractivity contribution in [3.63, 3.8) is 0 Å². The summed E-state index contributed by atoms with van der Waals surface area (Å²) >= 11 is 6.42. The maximum atomic E-state index is 12.2. The lowest BCUT2D eigenvalue weighted by molar-refractivity contribution is 0.570. The molecule has 0 atom stereocenters. The van der Waals surface area contributed by atoms with Crippen LogP contribution in [-0.2, 0) is 0 Å². The quantitative estimate of drug-likeness (QED) is 0.454. The molecule has 0 radical (unpaired) electrons. The van der Waals surface area contributed by atoms with Crippen molar-refractivity contribution in [1.29, 1.82) is 0 Å². The van der Waals surface area contributed by atoms with Crippen molar-refractivity contribution in [1.82, 2.24) is 4.40 Å². The second kappa shape index (κ2) is 3.62. The molecule has 0 bridgehead atoms. The van der Waals surface area contributed by atoms with Crippen LogP contribution in [0.1, 0.15) is 0 Å². The maximum Gasteiger partial charge on any atom is 0.346 e. The average molecular weight is 270 g/mol. The van der Waals surface area contributed by atoms with Gasteiger partial charge in [0.15, 0.2) is 0 Å². The molecule has 0 aliphatic carbocycles. The molecule has 0 N–H and O–H groups in total. The van der Waals surface area contributed by atoms with E-state index in [1.807, 2.05) is 42.6 Å². The fraction of sp³-hybridized carbons (Fsp3) is 0. The van der Waals surface area contributed by atoms with Crippen molar-refractivity contribution in [3.8, 4) is 0 Å². The molecule has 4 rings (SSSR count). The summed E-state index contributed by atoms with van der Waals surface area (Å²) in [6.45, 7) is 0. The van der Waals surface area contributed by atoms with E-state index >= 15 is 0 Å². The molecule has 1 aromatic carbocycles. The number of rotatable bonds is 0. The highest BCUT2D eigenvalue weighted by Crippen LogP contribution is 2.33. The first kappa shape index (κ1) is 10.6. The maximum absolute atomic E-state index is 12.2. The molecule has 3 nitrogen and oxygen atoms in total. The summed E-state index contributed by atoms with van der Waals surface area (Å²) in [6.07, 6.45) is 1.84. The number of nitrogens with zero attached hydrogens (tertiary/aromatic N) is 1. The Hall–Kier alpha value is -2.26. The molecule has 0 aliphatic heterocycles. The Labute approximate surface area is 112 Å². The van der Waals surface area contributed by atoms with Crippen molar-refractivity contribution in [2.45, 2.75) is 0 Å². The number of fused-ring (bicyclic) bond motifs is 5. The van der Waals surface area contributed by atoms with E-state index in [2.05, 4.69) is 0 Å². The summed E-state index contributed by atoms with van der Waals surface area (Å²) in [5.74, 6) is 0. The average Bonchev–Trinajstić information content (AvgIpc) is 2.74. The standard InChI is InChI=1S/C15H8ClNO2/c16-14-12-9-5-1-2-7-11(9)19-15(18)13(12)10-6-3-4-8-17(10)14/h1-8H. The second-order valence-corrected chi connectivity index (χ2v) is 4.74. The molecule has 0 saturated carbocycles. The minimum absolute atomic E-state index is 0.357. The molecule has 92 valence electrons. The Morgan fingerprint density at radius 3 is 2.68 bits per heavy atom. The number of benzene rings is 1. The normalized spacial score (nSPS) is 11.6. The molecule has 0 spiro atoms. The summed E-state index contributed by atoms with van der Waals surface area (Å²) in [6, 6.07) is 13.0. The van der Waals surface area contributed by atoms with E-state index < -0.39 is 0 Å². The molecule has 0 amide bonds. The Morgan fingerprint density at radius 1 is 1.00 bits per heavy atom. The number of para-hydroxylation sites is 1. The van der Waals surface area contributed by atoms with Crippen LogP contribution in [0.2, 0.25) is 5.15 Å². The van der Waals surface area contributed by atoms with Gasteiger partial charge in [-0.15, -0.1) is 0 Å². The van der Waals surface area contributed by atoms with Gasteiger partial charge >= 0.3 is 5.63 Å². The van der Waals surface area contributed by atoms with Gasteiger partial charge in [0.25, 0.3) is 0 Å². The first-order chi connectivity index (χ1) is 9.27. The summed E-state index contributed by atoms with van der Waals surface area (Å²) in [4.78, 5) is 12.2. The highest BCUT2D eigenvalue weighted by molar-refractivity contribution is 6.38. The van der Waals surface area contributed by atoms with Crippen LogP contribution in [0.4, 0.5) is 0 Å². The van der Waals surface area contributed by atoms with Crippen molar-refractivity contribution < 1.29 is 4.42 Å². The summed E-state index contributed by atoms with van der Waals surface area (Å²) < 4.78 is 7.17. The van der Waals surface area contributed by atoms with Gasteiger partial charge in [-0.3, -0.25) is 0 Å². The van der Waals surface area contributed by atoms with Crippen molar-refractivity contribution in [2.24, 2.45) is 0 Å². The van der Waals surface area contributed by atoms with Gasteiger partial charge in [0.05, 0.1) is 10.9 Å². The Morgan fingerprint density at radius 2 is 1.79 bits per heavy atom. The topological polar surface area (TPSA) is 34.6 Å². The predicted molar refractivity (Wildman–Crippen MR) is 76.0 cm³/mol. The Balaban J connectivity index is 2.47. The Bertz CT molecular complexity index is 997. The van der Waals surface area contributed by atoms with Gasteiger partial charge < -0.3 is 8.82 Å². The van der Waals surface area contributed by atoms with Crippen LogP contribution in [0.25, 0.3) is 27.3 Å². The smallest absolute Gasteiger partial charge is 0.346 e. The molecule has 0 aliphatic rings. The summed E-state index contributed by atoms with van der Waals surface area (Å²) in [5, 5.41) is 2.67. The molecule has 0 fully saturated rings. The Kier molecular flexibility index (Phi) is 2.03.